The third-order valence-corrected chi connectivity index (χ3v) is 5.03. The number of carbonyl (C=O) groups is 2. The lowest BCUT2D eigenvalue weighted by molar-refractivity contribution is -0.157. The van der Waals surface area contributed by atoms with Crippen LogP contribution >= 0.6 is 0 Å². The molecule has 3 rings (SSSR count). The van der Waals surface area contributed by atoms with E-state index in [1.165, 1.54) is 11.1 Å². The first-order valence-corrected chi connectivity index (χ1v) is 10.5. The molecule has 0 aromatic heterocycles. The van der Waals surface area contributed by atoms with Crippen molar-refractivity contribution in [2.75, 3.05) is 6.61 Å². The number of amides is 1. The Bertz CT molecular complexity index is 868. The van der Waals surface area contributed by atoms with E-state index in [9.17, 15) is 9.59 Å². The van der Waals surface area contributed by atoms with Crippen molar-refractivity contribution in [1.29, 1.82) is 0 Å². The summed E-state index contributed by atoms with van der Waals surface area (Å²) in [6.45, 7) is 9.63. The number of fused-ring (bicyclic) bond motifs is 3. The van der Waals surface area contributed by atoms with Crippen molar-refractivity contribution in [2.45, 2.75) is 58.6 Å². The predicted octanol–water partition coefficient (Wildman–Crippen LogP) is 5.28. The lowest BCUT2D eigenvalue weighted by Gasteiger charge is -2.25. The van der Waals surface area contributed by atoms with Gasteiger partial charge in [0.15, 0.2) is 0 Å². The summed E-state index contributed by atoms with van der Waals surface area (Å²) in [7, 11) is 0. The second-order valence-electron chi connectivity index (χ2n) is 9.19. The molecule has 160 valence electrons. The number of hydrogen-bond donors (Lipinski definition) is 1. The molecule has 0 radical (unpaired) electrons. The van der Waals surface area contributed by atoms with Gasteiger partial charge < -0.3 is 14.8 Å². The van der Waals surface area contributed by atoms with Gasteiger partial charge in [-0.15, -0.1) is 0 Å². The maximum atomic E-state index is 12.5. The fourth-order valence-electron chi connectivity index (χ4n) is 3.84. The van der Waals surface area contributed by atoms with Gasteiger partial charge in [-0.05, 0) is 55.4 Å². The lowest BCUT2D eigenvalue weighted by Crippen LogP contribution is -2.45. The van der Waals surface area contributed by atoms with Crippen LogP contribution in [0.2, 0.25) is 0 Å². The topological polar surface area (TPSA) is 64.6 Å². The molecule has 1 aliphatic carbocycles. The molecule has 0 spiro atoms. The quantitative estimate of drug-likeness (QED) is 0.659. The fraction of sp³-hybridized carbons (Fsp3) is 0.440. The van der Waals surface area contributed by atoms with E-state index >= 15 is 0 Å². The highest BCUT2D eigenvalue weighted by Crippen LogP contribution is 2.44. The van der Waals surface area contributed by atoms with Crippen molar-refractivity contribution in [3.8, 4) is 11.1 Å². The van der Waals surface area contributed by atoms with Crippen molar-refractivity contribution >= 4 is 12.1 Å². The van der Waals surface area contributed by atoms with Crippen LogP contribution in [0.3, 0.4) is 0 Å². The first-order valence-electron chi connectivity index (χ1n) is 10.5. The number of nitrogens with one attached hydrogen (secondary N) is 1. The van der Waals surface area contributed by atoms with Gasteiger partial charge in [-0.2, -0.15) is 0 Å². The van der Waals surface area contributed by atoms with Gasteiger partial charge in [-0.3, -0.25) is 0 Å². The van der Waals surface area contributed by atoms with Crippen molar-refractivity contribution in [3.63, 3.8) is 0 Å². The number of rotatable bonds is 6. The molecule has 1 atom stereocenters. The summed E-state index contributed by atoms with van der Waals surface area (Å²) in [6.07, 6.45) is -0.118. The highest BCUT2D eigenvalue weighted by atomic mass is 16.6. The summed E-state index contributed by atoms with van der Waals surface area (Å²) >= 11 is 0. The summed E-state index contributed by atoms with van der Waals surface area (Å²) in [5.41, 5.74) is 4.03. The molecule has 0 saturated carbocycles. The summed E-state index contributed by atoms with van der Waals surface area (Å²) in [6, 6.07) is 15.6. The molecule has 5 nitrogen and oxygen atoms in total. The SMILES string of the molecule is CC(C)C[C@H](NC(=O)OCC1c2ccccc2-c2ccccc21)C(=O)OC(C)(C)C. The number of hydrogen-bond acceptors (Lipinski definition) is 4. The van der Waals surface area contributed by atoms with Crippen LogP contribution in [0.5, 0.6) is 0 Å². The molecule has 0 fully saturated rings. The molecular weight excluding hydrogens is 378 g/mol. The number of benzene rings is 2. The third-order valence-electron chi connectivity index (χ3n) is 5.03. The van der Waals surface area contributed by atoms with E-state index in [0.717, 1.165) is 11.1 Å². The van der Waals surface area contributed by atoms with Gasteiger partial charge in [0.2, 0.25) is 0 Å². The van der Waals surface area contributed by atoms with Gasteiger partial charge in [0, 0.05) is 5.92 Å². The Morgan fingerprint density at radius 3 is 2.00 bits per heavy atom. The van der Waals surface area contributed by atoms with E-state index < -0.39 is 23.7 Å². The van der Waals surface area contributed by atoms with Crippen molar-refractivity contribution in [2.24, 2.45) is 5.92 Å². The molecule has 30 heavy (non-hydrogen) atoms. The van der Waals surface area contributed by atoms with Crippen LogP contribution in [0, 0.1) is 5.92 Å². The number of esters is 1. The zero-order chi connectivity index (χ0) is 21.9. The zero-order valence-electron chi connectivity index (χ0n) is 18.4. The van der Waals surface area contributed by atoms with Gasteiger partial charge in [-0.1, -0.05) is 62.4 Å². The Morgan fingerprint density at radius 2 is 1.50 bits per heavy atom. The highest BCUT2D eigenvalue weighted by molar-refractivity contribution is 5.82. The van der Waals surface area contributed by atoms with Crippen LogP contribution in [-0.2, 0) is 14.3 Å². The summed E-state index contributed by atoms with van der Waals surface area (Å²) < 4.78 is 11.0. The Labute approximate surface area is 178 Å². The molecule has 0 aliphatic heterocycles. The largest absolute Gasteiger partial charge is 0.458 e. The van der Waals surface area contributed by atoms with Crippen LogP contribution in [0.4, 0.5) is 4.79 Å². The average Bonchev–Trinajstić information content (AvgIpc) is 2.98. The first-order chi connectivity index (χ1) is 14.2. The van der Waals surface area contributed by atoms with Crippen LogP contribution in [0.15, 0.2) is 48.5 Å². The molecule has 0 unspecified atom stereocenters. The minimum Gasteiger partial charge on any atom is -0.458 e. The maximum Gasteiger partial charge on any atom is 0.407 e. The zero-order valence-corrected chi connectivity index (χ0v) is 18.4. The van der Waals surface area contributed by atoms with E-state index in [2.05, 4.69) is 29.6 Å². The Morgan fingerprint density at radius 1 is 0.967 bits per heavy atom. The number of alkyl carbamates (subject to hydrolysis) is 1. The smallest absolute Gasteiger partial charge is 0.407 e. The molecule has 0 saturated heterocycles. The minimum absolute atomic E-state index is 0.0202. The third kappa shape index (κ3) is 5.21. The Hall–Kier alpha value is -2.82. The van der Waals surface area contributed by atoms with Gasteiger partial charge >= 0.3 is 12.1 Å². The molecule has 0 heterocycles. The summed E-state index contributed by atoms with van der Waals surface area (Å²) in [5, 5.41) is 2.71. The summed E-state index contributed by atoms with van der Waals surface area (Å²) in [4.78, 5) is 25.1. The van der Waals surface area contributed by atoms with E-state index in [-0.39, 0.29) is 18.4 Å². The molecule has 1 N–H and O–H groups in total. The van der Waals surface area contributed by atoms with Gasteiger partial charge in [0.05, 0.1) is 0 Å². The normalized spacial score (nSPS) is 14.1. The molecule has 1 aliphatic rings. The predicted molar refractivity (Wildman–Crippen MR) is 117 cm³/mol. The molecule has 2 aromatic rings. The van der Waals surface area contributed by atoms with Crippen molar-refractivity contribution in [3.05, 3.63) is 59.7 Å². The van der Waals surface area contributed by atoms with Crippen LogP contribution in [-0.4, -0.2) is 30.3 Å². The van der Waals surface area contributed by atoms with E-state index in [1.54, 1.807) is 0 Å². The van der Waals surface area contributed by atoms with Crippen molar-refractivity contribution < 1.29 is 19.1 Å². The van der Waals surface area contributed by atoms with Crippen LogP contribution < -0.4 is 5.32 Å². The first kappa shape index (κ1) is 21.9. The van der Waals surface area contributed by atoms with Crippen LogP contribution in [0.1, 0.15) is 58.1 Å². The fourth-order valence-corrected chi connectivity index (χ4v) is 3.84. The highest BCUT2D eigenvalue weighted by Gasteiger charge is 2.31. The average molecular weight is 410 g/mol. The van der Waals surface area contributed by atoms with Gasteiger partial charge in [0.1, 0.15) is 18.2 Å². The van der Waals surface area contributed by atoms with E-state index in [4.69, 9.17) is 9.47 Å². The molecular formula is C25H31NO4. The Kier molecular flexibility index (Phi) is 6.49. The van der Waals surface area contributed by atoms with Crippen LogP contribution in [0.25, 0.3) is 11.1 Å². The monoisotopic (exact) mass is 409 g/mol. The standard InChI is InChI=1S/C25H31NO4/c1-16(2)14-22(23(27)30-25(3,4)5)26-24(28)29-15-21-19-12-8-6-10-17(19)18-11-7-9-13-20(18)21/h6-13,16,21-22H,14-15H2,1-5H3,(H,26,28)/t22-/m0/s1. The van der Waals surface area contributed by atoms with Gasteiger partial charge in [0.25, 0.3) is 0 Å². The molecule has 0 bridgehead atoms. The Balaban J connectivity index is 1.68. The van der Waals surface area contributed by atoms with E-state index in [0.29, 0.717) is 6.42 Å². The van der Waals surface area contributed by atoms with Crippen molar-refractivity contribution in [1.82, 2.24) is 5.32 Å². The molecule has 1 amide bonds. The van der Waals surface area contributed by atoms with Gasteiger partial charge in [-0.25, -0.2) is 9.59 Å². The number of ether oxygens (including phenoxy) is 2. The molecule has 5 heteroatoms. The summed E-state index contributed by atoms with van der Waals surface area (Å²) in [5.74, 6) is -0.241. The molecule has 2 aromatic carbocycles. The lowest BCUT2D eigenvalue weighted by atomic mass is 9.98. The van der Waals surface area contributed by atoms with E-state index in [1.807, 2.05) is 58.9 Å². The second kappa shape index (κ2) is 8.90. The number of carbonyl (C=O) groups excluding carboxylic acids is 2. The minimum atomic E-state index is -0.736. The maximum absolute atomic E-state index is 12.5. The second-order valence-corrected chi connectivity index (χ2v) is 9.19.